The molecule has 19 heavy (non-hydrogen) atoms. The van der Waals surface area contributed by atoms with Crippen molar-refractivity contribution in [2.24, 2.45) is 0 Å². The van der Waals surface area contributed by atoms with Crippen LogP contribution in [0.4, 0.5) is 0 Å². The summed E-state index contributed by atoms with van der Waals surface area (Å²) in [6.07, 6.45) is -0.120. The molecule has 0 aliphatic carbocycles. The minimum Gasteiger partial charge on any atom is -0.394 e. The van der Waals surface area contributed by atoms with Gasteiger partial charge in [0.15, 0.2) is 5.82 Å². The number of aromatic nitrogens is 2. The molecule has 2 atom stereocenters. The Bertz CT molecular complexity index is 414. The predicted octanol–water partition coefficient (Wildman–Crippen LogP) is 0.949. The molecule has 1 aromatic rings. The first-order chi connectivity index (χ1) is 8.90. The van der Waals surface area contributed by atoms with Crippen LogP contribution >= 0.6 is 0 Å². The molecule has 1 aromatic heterocycles. The van der Waals surface area contributed by atoms with E-state index < -0.39 is 0 Å². The molecule has 0 radical (unpaired) electrons. The Kier molecular flexibility index (Phi) is 4.23. The van der Waals surface area contributed by atoms with Crippen molar-refractivity contribution in [3.8, 4) is 0 Å². The van der Waals surface area contributed by atoms with Crippen molar-refractivity contribution < 1.29 is 14.4 Å². The van der Waals surface area contributed by atoms with Gasteiger partial charge in [0.25, 0.3) is 0 Å². The summed E-state index contributed by atoms with van der Waals surface area (Å²) >= 11 is 0. The molecule has 6 heteroatoms. The summed E-state index contributed by atoms with van der Waals surface area (Å²) in [4.78, 5) is 6.65. The van der Waals surface area contributed by atoms with Crippen molar-refractivity contribution in [2.45, 2.75) is 51.8 Å². The second-order valence-corrected chi connectivity index (χ2v) is 6.18. The molecule has 0 saturated carbocycles. The van der Waals surface area contributed by atoms with Crippen LogP contribution < -0.4 is 0 Å². The minimum absolute atomic E-state index is 0.0444. The lowest BCUT2D eigenvalue weighted by Crippen LogP contribution is -2.49. The zero-order valence-electron chi connectivity index (χ0n) is 12.1. The molecule has 1 aliphatic heterocycles. The van der Waals surface area contributed by atoms with Crippen LogP contribution in [0.3, 0.4) is 0 Å². The highest BCUT2D eigenvalue weighted by atomic mass is 16.5. The summed E-state index contributed by atoms with van der Waals surface area (Å²) in [5.41, 5.74) is -0.129. The lowest BCUT2D eigenvalue weighted by atomic mass is 9.97. The highest BCUT2D eigenvalue weighted by Gasteiger charge is 2.28. The van der Waals surface area contributed by atoms with Crippen LogP contribution in [0.1, 0.15) is 39.4 Å². The van der Waals surface area contributed by atoms with Crippen LogP contribution in [-0.2, 0) is 16.7 Å². The molecule has 0 spiro atoms. The fraction of sp³-hybridized carbons (Fsp3) is 0.846. The van der Waals surface area contributed by atoms with E-state index in [0.717, 1.165) is 0 Å². The fourth-order valence-electron chi connectivity index (χ4n) is 2.01. The zero-order chi connectivity index (χ0) is 14.0. The standard InChI is InChI=1S/C13H23N3O3/c1-9-8-18-10(7-17)5-16(9)6-11-14-12(19-15-11)13(2,3)4/h9-10,17H,5-8H2,1-4H3. The first-order valence-corrected chi connectivity index (χ1v) is 6.69. The molecule has 1 N–H and O–H groups in total. The summed E-state index contributed by atoms with van der Waals surface area (Å²) in [5.74, 6) is 1.34. The van der Waals surface area contributed by atoms with Gasteiger partial charge in [-0.3, -0.25) is 4.90 Å². The van der Waals surface area contributed by atoms with Gasteiger partial charge in [0.05, 0.1) is 25.9 Å². The molecule has 1 saturated heterocycles. The van der Waals surface area contributed by atoms with Gasteiger partial charge in [-0.05, 0) is 6.92 Å². The first kappa shape index (κ1) is 14.4. The van der Waals surface area contributed by atoms with Crippen LogP contribution in [-0.4, -0.2) is 52.1 Å². The normalized spacial score (nSPS) is 25.7. The van der Waals surface area contributed by atoms with E-state index in [0.29, 0.717) is 37.5 Å². The second kappa shape index (κ2) is 5.56. The molecule has 2 heterocycles. The molecule has 1 fully saturated rings. The van der Waals surface area contributed by atoms with E-state index in [1.54, 1.807) is 0 Å². The SMILES string of the molecule is CC1COC(CO)CN1Cc1noc(C(C)(C)C)n1. The first-order valence-electron chi connectivity index (χ1n) is 6.69. The van der Waals surface area contributed by atoms with Gasteiger partial charge in [-0.25, -0.2) is 0 Å². The maximum Gasteiger partial charge on any atom is 0.232 e. The molecule has 2 unspecified atom stereocenters. The highest BCUT2D eigenvalue weighted by Crippen LogP contribution is 2.21. The number of hydrogen-bond acceptors (Lipinski definition) is 6. The zero-order valence-corrected chi connectivity index (χ0v) is 12.1. The Morgan fingerprint density at radius 2 is 2.16 bits per heavy atom. The monoisotopic (exact) mass is 269 g/mol. The van der Waals surface area contributed by atoms with Crippen molar-refractivity contribution in [2.75, 3.05) is 19.8 Å². The van der Waals surface area contributed by atoms with E-state index in [1.165, 1.54) is 0 Å². The van der Waals surface area contributed by atoms with Crippen LogP contribution in [0, 0.1) is 0 Å². The van der Waals surface area contributed by atoms with Crippen molar-refractivity contribution in [3.63, 3.8) is 0 Å². The van der Waals surface area contributed by atoms with E-state index >= 15 is 0 Å². The topological polar surface area (TPSA) is 71.6 Å². The number of nitrogens with zero attached hydrogens (tertiary/aromatic N) is 3. The molecule has 2 rings (SSSR count). The average molecular weight is 269 g/mol. The van der Waals surface area contributed by atoms with Gasteiger partial charge >= 0.3 is 0 Å². The number of rotatable bonds is 3. The van der Waals surface area contributed by atoms with Gasteiger partial charge in [0, 0.05) is 18.0 Å². The fourth-order valence-corrected chi connectivity index (χ4v) is 2.01. The van der Waals surface area contributed by atoms with Gasteiger partial charge in [0.2, 0.25) is 5.89 Å². The second-order valence-electron chi connectivity index (χ2n) is 6.18. The summed E-state index contributed by atoms with van der Waals surface area (Å²) in [6, 6.07) is 0.291. The molecule has 0 bridgehead atoms. The summed E-state index contributed by atoms with van der Waals surface area (Å²) in [5, 5.41) is 13.2. The Morgan fingerprint density at radius 3 is 2.74 bits per heavy atom. The summed E-state index contributed by atoms with van der Waals surface area (Å²) < 4.78 is 10.8. The highest BCUT2D eigenvalue weighted by molar-refractivity contribution is 4.98. The maximum absolute atomic E-state index is 9.17. The van der Waals surface area contributed by atoms with Crippen LogP contribution in [0.15, 0.2) is 4.52 Å². The third kappa shape index (κ3) is 3.52. The molecule has 0 amide bonds. The van der Waals surface area contributed by atoms with Gasteiger partial charge in [-0.2, -0.15) is 4.98 Å². The Hall–Kier alpha value is -0.980. The van der Waals surface area contributed by atoms with Crippen LogP contribution in [0.5, 0.6) is 0 Å². The van der Waals surface area contributed by atoms with Crippen molar-refractivity contribution in [1.29, 1.82) is 0 Å². The molecule has 1 aliphatic rings. The number of morpholine rings is 1. The van der Waals surface area contributed by atoms with E-state index in [-0.39, 0.29) is 18.1 Å². The third-order valence-corrected chi connectivity index (χ3v) is 3.29. The largest absolute Gasteiger partial charge is 0.394 e. The smallest absolute Gasteiger partial charge is 0.232 e. The minimum atomic E-state index is -0.129. The van der Waals surface area contributed by atoms with Crippen molar-refractivity contribution in [1.82, 2.24) is 15.0 Å². The van der Waals surface area contributed by atoms with Gasteiger partial charge < -0.3 is 14.4 Å². The van der Waals surface area contributed by atoms with E-state index in [9.17, 15) is 5.11 Å². The molecular formula is C13H23N3O3. The van der Waals surface area contributed by atoms with Gasteiger partial charge in [-0.15, -0.1) is 0 Å². The van der Waals surface area contributed by atoms with E-state index in [1.807, 2.05) is 20.8 Å². The lowest BCUT2D eigenvalue weighted by Gasteiger charge is -2.36. The third-order valence-electron chi connectivity index (χ3n) is 3.29. The quantitative estimate of drug-likeness (QED) is 0.881. The van der Waals surface area contributed by atoms with Crippen LogP contribution in [0.2, 0.25) is 0 Å². The molecule has 6 nitrogen and oxygen atoms in total. The van der Waals surface area contributed by atoms with Crippen molar-refractivity contribution >= 4 is 0 Å². The molecule has 108 valence electrons. The summed E-state index contributed by atoms with van der Waals surface area (Å²) in [7, 11) is 0. The number of aliphatic hydroxyl groups is 1. The predicted molar refractivity (Wildman–Crippen MR) is 69.7 cm³/mol. The molecular weight excluding hydrogens is 246 g/mol. The average Bonchev–Trinajstić information content (AvgIpc) is 2.80. The number of aliphatic hydroxyl groups excluding tert-OH is 1. The maximum atomic E-state index is 9.17. The van der Waals surface area contributed by atoms with Gasteiger partial charge in [-0.1, -0.05) is 25.9 Å². The van der Waals surface area contributed by atoms with Crippen molar-refractivity contribution in [3.05, 3.63) is 11.7 Å². The molecule has 0 aromatic carbocycles. The summed E-state index contributed by atoms with van der Waals surface area (Å²) in [6.45, 7) is 10.2. The van der Waals surface area contributed by atoms with Gasteiger partial charge in [0.1, 0.15) is 0 Å². The van der Waals surface area contributed by atoms with E-state index in [4.69, 9.17) is 9.26 Å². The number of ether oxygens (including phenoxy) is 1. The Labute approximate surface area is 113 Å². The number of hydrogen-bond donors (Lipinski definition) is 1. The Morgan fingerprint density at radius 1 is 1.42 bits per heavy atom. The Balaban J connectivity index is 2.01. The van der Waals surface area contributed by atoms with Crippen LogP contribution in [0.25, 0.3) is 0 Å². The lowest BCUT2D eigenvalue weighted by molar-refractivity contribution is -0.0813. The van der Waals surface area contributed by atoms with E-state index in [2.05, 4.69) is 22.0 Å².